The summed E-state index contributed by atoms with van der Waals surface area (Å²) in [6.07, 6.45) is 3.71. The molecule has 0 spiro atoms. The highest BCUT2D eigenvalue weighted by atomic mass is 35.5. The van der Waals surface area contributed by atoms with E-state index in [2.05, 4.69) is 25.0 Å². The van der Waals surface area contributed by atoms with E-state index in [1.807, 2.05) is 41.9 Å². The number of nitrogens with zero attached hydrogens (tertiary/aromatic N) is 7. The lowest BCUT2D eigenvalue weighted by Gasteiger charge is -2.35. The van der Waals surface area contributed by atoms with Crippen molar-refractivity contribution < 1.29 is 0 Å². The molecule has 0 amide bonds. The SMILES string of the molecule is Cc1nnc2c(N3CCN(c4nc5ccc(Cl)cc5s4)CC3)nccn12. The lowest BCUT2D eigenvalue weighted by Crippen LogP contribution is -2.47. The second-order valence-corrected chi connectivity index (χ2v) is 7.72. The van der Waals surface area contributed by atoms with Crippen molar-refractivity contribution in [3.05, 3.63) is 41.4 Å². The molecule has 3 aromatic heterocycles. The topological polar surface area (TPSA) is 62.5 Å². The zero-order valence-electron chi connectivity index (χ0n) is 14.1. The Morgan fingerprint density at radius 3 is 2.73 bits per heavy atom. The average Bonchev–Trinajstić information content (AvgIpc) is 3.25. The van der Waals surface area contributed by atoms with Gasteiger partial charge in [-0.15, -0.1) is 10.2 Å². The van der Waals surface area contributed by atoms with E-state index in [9.17, 15) is 0 Å². The highest BCUT2D eigenvalue weighted by molar-refractivity contribution is 7.22. The van der Waals surface area contributed by atoms with Crippen molar-refractivity contribution in [2.24, 2.45) is 0 Å². The maximum Gasteiger partial charge on any atom is 0.203 e. The predicted molar refractivity (Wildman–Crippen MR) is 105 cm³/mol. The van der Waals surface area contributed by atoms with Crippen molar-refractivity contribution in [3.8, 4) is 0 Å². The van der Waals surface area contributed by atoms with Crippen LogP contribution in [-0.4, -0.2) is 50.7 Å². The number of piperazine rings is 1. The van der Waals surface area contributed by atoms with Gasteiger partial charge in [-0.05, 0) is 25.1 Å². The summed E-state index contributed by atoms with van der Waals surface area (Å²) in [5.74, 6) is 1.76. The van der Waals surface area contributed by atoms with Crippen LogP contribution in [0.25, 0.3) is 15.9 Å². The number of benzene rings is 1. The third-order valence-corrected chi connectivity index (χ3v) is 5.98. The summed E-state index contributed by atoms with van der Waals surface area (Å²) in [5.41, 5.74) is 1.82. The molecule has 1 aliphatic heterocycles. The Balaban J connectivity index is 1.38. The molecule has 4 heterocycles. The molecule has 0 unspecified atom stereocenters. The Morgan fingerprint density at radius 2 is 1.88 bits per heavy atom. The molecule has 0 bridgehead atoms. The molecule has 0 N–H and O–H groups in total. The van der Waals surface area contributed by atoms with Gasteiger partial charge in [0.25, 0.3) is 0 Å². The quantitative estimate of drug-likeness (QED) is 0.528. The van der Waals surface area contributed by atoms with Gasteiger partial charge >= 0.3 is 0 Å². The van der Waals surface area contributed by atoms with Gasteiger partial charge in [-0.3, -0.25) is 4.40 Å². The van der Waals surface area contributed by atoms with Gasteiger partial charge in [0.2, 0.25) is 5.65 Å². The number of fused-ring (bicyclic) bond motifs is 2. The van der Waals surface area contributed by atoms with Gasteiger partial charge in [0.15, 0.2) is 10.9 Å². The number of aryl methyl sites for hydroxylation is 1. The number of aromatic nitrogens is 5. The van der Waals surface area contributed by atoms with Crippen LogP contribution < -0.4 is 9.80 Å². The summed E-state index contributed by atoms with van der Waals surface area (Å²) in [4.78, 5) is 13.9. The number of rotatable bonds is 2. The van der Waals surface area contributed by atoms with Crippen molar-refractivity contribution in [3.63, 3.8) is 0 Å². The molecule has 1 saturated heterocycles. The standard InChI is InChI=1S/C17H16ClN7S/c1-11-21-22-16-15(19-4-5-25(11)16)23-6-8-24(9-7-23)17-20-13-3-2-12(18)10-14(13)26-17/h2-5,10H,6-9H2,1H3. The monoisotopic (exact) mass is 385 g/mol. The van der Waals surface area contributed by atoms with E-state index in [0.29, 0.717) is 0 Å². The van der Waals surface area contributed by atoms with Crippen LogP contribution in [0.2, 0.25) is 5.02 Å². The van der Waals surface area contributed by atoms with Gasteiger partial charge < -0.3 is 9.80 Å². The second kappa shape index (κ2) is 6.07. The number of thiazole rings is 1. The minimum absolute atomic E-state index is 0.750. The molecule has 0 saturated carbocycles. The highest BCUT2D eigenvalue weighted by Gasteiger charge is 2.23. The molecular weight excluding hydrogens is 370 g/mol. The first kappa shape index (κ1) is 15.8. The van der Waals surface area contributed by atoms with Crippen LogP contribution in [0.1, 0.15) is 5.82 Å². The Morgan fingerprint density at radius 1 is 1.08 bits per heavy atom. The van der Waals surface area contributed by atoms with E-state index < -0.39 is 0 Å². The molecule has 4 aromatic rings. The van der Waals surface area contributed by atoms with E-state index in [-0.39, 0.29) is 0 Å². The van der Waals surface area contributed by atoms with E-state index in [1.54, 1.807) is 11.3 Å². The van der Waals surface area contributed by atoms with Crippen LogP contribution in [0, 0.1) is 6.92 Å². The van der Waals surface area contributed by atoms with Gasteiger partial charge in [0, 0.05) is 43.6 Å². The minimum atomic E-state index is 0.750. The predicted octanol–water partition coefficient (Wildman–Crippen LogP) is 3.02. The second-order valence-electron chi connectivity index (χ2n) is 6.27. The fraction of sp³-hybridized carbons (Fsp3) is 0.294. The fourth-order valence-corrected chi connectivity index (χ4v) is 4.58. The summed E-state index contributed by atoms with van der Waals surface area (Å²) < 4.78 is 3.10. The van der Waals surface area contributed by atoms with Gasteiger partial charge in [0.05, 0.1) is 10.2 Å². The van der Waals surface area contributed by atoms with Gasteiger partial charge in [0.1, 0.15) is 5.82 Å². The first-order valence-electron chi connectivity index (χ1n) is 8.41. The summed E-state index contributed by atoms with van der Waals surface area (Å²) in [5, 5.41) is 10.2. The Labute approximate surface area is 158 Å². The molecule has 26 heavy (non-hydrogen) atoms. The third kappa shape index (κ3) is 2.57. The van der Waals surface area contributed by atoms with Crippen molar-refractivity contribution in [2.75, 3.05) is 36.0 Å². The average molecular weight is 386 g/mol. The van der Waals surface area contributed by atoms with Crippen LogP contribution in [0.15, 0.2) is 30.6 Å². The molecule has 132 valence electrons. The number of hydrogen-bond donors (Lipinski definition) is 0. The van der Waals surface area contributed by atoms with Gasteiger partial charge in [-0.1, -0.05) is 22.9 Å². The molecule has 9 heteroatoms. The van der Waals surface area contributed by atoms with Crippen LogP contribution in [0.5, 0.6) is 0 Å². The zero-order chi connectivity index (χ0) is 17.7. The first-order valence-corrected chi connectivity index (χ1v) is 9.61. The molecule has 1 fully saturated rings. The molecule has 1 aromatic carbocycles. The summed E-state index contributed by atoms with van der Waals surface area (Å²) in [6, 6.07) is 5.84. The molecule has 0 radical (unpaired) electrons. The zero-order valence-corrected chi connectivity index (χ0v) is 15.7. The molecule has 0 atom stereocenters. The van der Waals surface area contributed by atoms with Gasteiger partial charge in [-0.2, -0.15) is 0 Å². The largest absolute Gasteiger partial charge is 0.350 e. The van der Waals surface area contributed by atoms with E-state index in [4.69, 9.17) is 16.6 Å². The van der Waals surface area contributed by atoms with E-state index in [0.717, 1.165) is 63.8 Å². The van der Waals surface area contributed by atoms with E-state index in [1.165, 1.54) is 0 Å². The van der Waals surface area contributed by atoms with Crippen LogP contribution >= 0.6 is 22.9 Å². The molecule has 5 rings (SSSR count). The smallest absolute Gasteiger partial charge is 0.203 e. The number of anilines is 2. The van der Waals surface area contributed by atoms with Crippen LogP contribution in [0.4, 0.5) is 10.9 Å². The minimum Gasteiger partial charge on any atom is -0.350 e. The number of halogens is 1. The normalized spacial score (nSPS) is 15.3. The Kier molecular flexibility index (Phi) is 3.68. The molecular formula is C17H16ClN7S. The lowest BCUT2D eigenvalue weighted by molar-refractivity contribution is 0.646. The molecule has 0 aliphatic carbocycles. The van der Waals surface area contributed by atoms with Crippen LogP contribution in [-0.2, 0) is 0 Å². The number of hydrogen-bond acceptors (Lipinski definition) is 7. The van der Waals surface area contributed by atoms with E-state index >= 15 is 0 Å². The van der Waals surface area contributed by atoms with Crippen molar-refractivity contribution in [1.29, 1.82) is 0 Å². The summed E-state index contributed by atoms with van der Waals surface area (Å²) in [6.45, 7) is 5.47. The van der Waals surface area contributed by atoms with Crippen molar-refractivity contribution >= 4 is 49.8 Å². The lowest BCUT2D eigenvalue weighted by atomic mass is 10.3. The van der Waals surface area contributed by atoms with Crippen molar-refractivity contribution in [1.82, 2.24) is 24.6 Å². The maximum absolute atomic E-state index is 6.09. The third-order valence-electron chi connectivity index (χ3n) is 4.67. The highest BCUT2D eigenvalue weighted by Crippen LogP contribution is 2.31. The molecule has 7 nitrogen and oxygen atoms in total. The molecule has 1 aliphatic rings. The fourth-order valence-electron chi connectivity index (χ4n) is 3.28. The summed E-state index contributed by atoms with van der Waals surface area (Å²) >= 11 is 7.78. The summed E-state index contributed by atoms with van der Waals surface area (Å²) in [7, 11) is 0. The first-order chi connectivity index (χ1) is 12.7. The maximum atomic E-state index is 6.09. The van der Waals surface area contributed by atoms with Crippen molar-refractivity contribution in [2.45, 2.75) is 6.92 Å². The van der Waals surface area contributed by atoms with Crippen LogP contribution in [0.3, 0.4) is 0 Å². The van der Waals surface area contributed by atoms with Gasteiger partial charge in [-0.25, -0.2) is 9.97 Å². The Bertz CT molecular complexity index is 1100. The Hall–Kier alpha value is -2.45.